The van der Waals surface area contributed by atoms with Crippen molar-refractivity contribution in [2.45, 2.75) is 19.5 Å². The second-order valence-corrected chi connectivity index (χ2v) is 7.70. The Morgan fingerprint density at radius 1 is 0.844 bits per heavy atom. The van der Waals surface area contributed by atoms with Crippen LogP contribution in [0.5, 0.6) is 0 Å². The third kappa shape index (κ3) is 3.78. The molecule has 0 spiro atoms. The van der Waals surface area contributed by atoms with E-state index in [1.807, 2.05) is 66.7 Å². The van der Waals surface area contributed by atoms with Crippen molar-refractivity contribution in [1.82, 2.24) is 19.9 Å². The Morgan fingerprint density at radius 3 is 2.25 bits per heavy atom. The summed E-state index contributed by atoms with van der Waals surface area (Å²) >= 11 is 0. The summed E-state index contributed by atoms with van der Waals surface area (Å²) < 4.78 is 2.13. The fourth-order valence-corrected chi connectivity index (χ4v) is 4.02. The Labute approximate surface area is 185 Å². The van der Waals surface area contributed by atoms with E-state index in [4.69, 9.17) is 5.73 Å². The molecule has 0 aliphatic carbocycles. The van der Waals surface area contributed by atoms with Crippen molar-refractivity contribution in [2.75, 3.05) is 5.73 Å². The highest BCUT2D eigenvalue weighted by molar-refractivity contribution is 6.12. The number of carbonyl (C=O) groups excluding carboxylic acids is 1. The van der Waals surface area contributed by atoms with E-state index in [-0.39, 0.29) is 11.7 Å². The molecule has 5 rings (SSSR count). The number of para-hydroxylation sites is 1. The van der Waals surface area contributed by atoms with E-state index in [9.17, 15) is 4.79 Å². The maximum absolute atomic E-state index is 12.8. The zero-order chi connectivity index (χ0) is 21.9. The van der Waals surface area contributed by atoms with Gasteiger partial charge in [0.15, 0.2) is 0 Å². The molecule has 0 saturated heterocycles. The Balaban J connectivity index is 1.52. The largest absolute Gasteiger partial charge is 0.383 e. The number of benzene rings is 3. The number of carbonyl (C=O) groups is 1. The molecule has 3 aromatic carbocycles. The average Bonchev–Trinajstić information content (AvgIpc) is 3.16. The Hall–Kier alpha value is -4.19. The normalized spacial score (nSPS) is 11.1. The number of nitrogen functional groups attached to an aromatic ring is 1. The number of hydrogen-bond donors (Lipinski definition) is 2. The lowest BCUT2D eigenvalue weighted by atomic mass is 10.1. The van der Waals surface area contributed by atoms with E-state index in [0.29, 0.717) is 18.0 Å². The van der Waals surface area contributed by atoms with E-state index in [1.54, 1.807) is 0 Å². The molecule has 0 saturated carbocycles. The van der Waals surface area contributed by atoms with Crippen LogP contribution >= 0.6 is 0 Å². The molecule has 0 radical (unpaired) electrons. The van der Waals surface area contributed by atoms with Crippen LogP contribution in [0, 0.1) is 0 Å². The van der Waals surface area contributed by atoms with Gasteiger partial charge in [0.1, 0.15) is 11.5 Å². The van der Waals surface area contributed by atoms with E-state index in [0.717, 1.165) is 34.8 Å². The first-order valence-electron chi connectivity index (χ1n) is 10.6. The molecular weight excluding hydrogens is 398 g/mol. The van der Waals surface area contributed by atoms with E-state index in [2.05, 4.69) is 38.1 Å². The first kappa shape index (κ1) is 19.8. The summed E-state index contributed by atoms with van der Waals surface area (Å²) in [7, 11) is 0. The van der Waals surface area contributed by atoms with Gasteiger partial charge in [0, 0.05) is 18.5 Å². The third-order valence-corrected chi connectivity index (χ3v) is 5.60. The molecule has 1 amide bonds. The first-order chi connectivity index (χ1) is 15.7. The summed E-state index contributed by atoms with van der Waals surface area (Å²) in [5.74, 6) is 0.0477. The number of hydrogen-bond acceptors (Lipinski definition) is 4. The van der Waals surface area contributed by atoms with Crippen LogP contribution in [0.25, 0.3) is 21.9 Å². The number of aromatic nitrogens is 3. The molecule has 0 unspecified atom stereocenters. The standard InChI is InChI=1S/C26H23N5O/c27-23-22-20-13-7-8-14-21(20)31(16-15-18-9-3-1-4-10-18)25(22)30-24(29-23)26(32)28-17-19-11-5-2-6-12-19/h1-14H,15-17H2,(H,28,32)(H2,27,29,30). The predicted molar refractivity (Wildman–Crippen MR) is 127 cm³/mol. The van der Waals surface area contributed by atoms with Crippen LogP contribution < -0.4 is 11.1 Å². The number of anilines is 1. The number of nitrogens with one attached hydrogen (secondary N) is 1. The first-order valence-corrected chi connectivity index (χ1v) is 10.6. The minimum Gasteiger partial charge on any atom is -0.383 e. The molecule has 2 heterocycles. The summed E-state index contributed by atoms with van der Waals surface area (Å²) in [5.41, 5.74) is 10.3. The van der Waals surface area contributed by atoms with Gasteiger partial charge in [-0.05, 0) is 23.6 Å². The van der Waals surface area contributed by atoms with Crippen molar-refractivity contribution in [3.8, 4) is 0 Å². The van der Waals surface area contributed by atoms with Crippen molar-refractivity contribution >= 4 is 33.7 Å². The molecule has 158 valence electrons. The van der Waals surface area contributed by atoms with Crippen molar-refractivity contribution in [1.29, 1.82) is 0 Å². The molecule has 0 aliphatic rings. The molecule has 32 heavy (non-hydrogen) atoms. The van der Waals surface area contributed by atoms with Crippen LogP contribution in [0.2, 0.25) is 0 Å². The van der Waals surface area contributed by atoms with E-state index in [1.165, 1.54) is 5.56 Å². The topological polar surface area (TPSA) is 85.8 Å². The zero-order valence-corrected chi connectivity index (χ0v) is 17.5. The number of rotatable bonds is 6. The predicted octanol–water partition coefficient (Wildman–Crippen LogP) is 4.34. The maximum Gasteiger partial charge on any atom is 0.289 e. The molecule has 0 aliphatic heterocycles. The number of amides is 1. The van der Waals surface area contributed by atoms with Crippen LogP contribution in [0.15, 0.2) is 84.9 Å². The summed E-state index contributed by atoms with van der Waals surface area (Å²) in [6.07, 6.45) is 0.841. The number of nitrogens with two attached hydrogens (primary N) is 1. The Bertz CT molecular complexity index is 1390. The molecule has 6 nitrogen and oxygen atoms in total. The van der Waals surface area contributed by atoms with Crippen molar-refractivity contribution < 1.29 is 4.79 Å². The van der Waals surface area contributed by atoms with Crippen LogP contribution in [0.3, 0.4) is 0 Å². The van der Waals surface area contributed by atoms with Crippen molar-refractivity contribution in [2.24, 2.45) is 0 Å². The maximum atomic E-state index is 12.8. The third-order valence-electron chi connectivity index (χ3n) is 5.60. The summed E-state index contributed by atoms with van der Waals surface area (Å²) in [6, 6.07) is 28.1. The SMILES string of the molecule is Nc1nc(C(=O)NCc2ccccc2)nc2c1c1ccccc1n2CCc1ccccc1. The molecule has 0 fully saturated rings. The highest BCUT2D eigenvalue weighted by Crippen LogP contribution is 2.31. The monoisotopic (exact) mass is 421 g/mol. The lowest BCUT2D eigenvalue weighted by Crippen LogP contribution is -2.25. The second kappa shape index (κ2) is 8.51. The summed E-state index contributed by atoms with van der Waals surface area (Å²) in [4.78, 5) is 21.8. The van der Waals surface area contributed by atoms with Crippen molar-refractivity contribution in [3.05, 3.63) is 102 Å². The number of fused-ring (bicyclic) bond motifs is 3. The average molecular weight is 422 g/mol. The van der Waals surface area contributed by atoms with Crippen LogP contribution in [-0.2, 0) is 19.5 Å². The lowest BCUT2D eigenvalue weighted by Gasteiger charge is -2.09. The van der Waals surface area contributed by atoms with Gasteiger partial charge < -0.3 is 15.6 Å². The van der Waals surface area contributed by atoms with Gasteiger partial charge in [0.2, 0.25) is 5.82 Å². The molecular formula is C26H23N5O. The van der Waals surface area contributed by atoms with Gasteiger partial charge in [-0.15, -0.1) is 0 Å². The minimum absolute atomic E-state index is 0.0784. The summed E-state index contributed by atoms with van der Waals surface area (Å²) in [5, 5.41) is 4.67. The van der Waals surface area contributed by atoms with Crippen LogP contribution in [0.1, 0.15) is 21.7 Å². The van der Waals surface area contributed by atoms with E-state index >= 15 is 0 Å². The van der Waals surface area contributed by atoms with Gasteiger partial charge in [0.25, 0.3) is 5.91 Å². The second-order valence-electron chi connectivity index (χ2n) is 7.70. The quantitative estimate of drug-likeness (QED) is 0.427. The highest BCUT2D eigenvalue weighted by Gasteiger charge is 2.19. The smallest absolute Gasteiger partial charge is 0.289 e. The highest BCUT2D eigenvalue weighted by atomic mass is 16.2. The van der Waals surface area contributed by atoms with Gasteiger partial charge in [-0.1, -0.05) is 78.9 Å². The number of aryl methyl sites for hydroxylation is 2. The molecule has 6 heteroatoms. The molecule has 0 atom stereocenters. The fourth-order valence-electron chi connectivity index (χ4n) is 4.02. The van der Waals surface area contributed by atoms with E-state index < -0.39 is 0 Å². The van der Waals surface area contributed by atoms with Gasteiger partial charge >= 0.3 is 0 Å². The van der Waals surface area contributed by atoms with Crippen LogP contribution in [-0.4, -0.2) is 20.4 Å². The lowest BCUT2D eigenvalue weighted by molar-refractivity contribution is 0.0941. The Morgan fingerprint density at radius 2 is 1.50 bits per heavy atom. The zero-order valence-electron chi connectivity index (χ0n) is 17.5. The molecule has 3 N–H and O–H groups in total. The fraction of sp³-hybridized carbons (Fsp3) is 0.115. The Kier molecular flexibility index (Phi) is 5.25. The van der Waals surface area contributed by atoms with Gasteiger partial charge in [0.05, 0.1) is 10.9 Å². The summed E-state index contributed by atoms with van der Waals surface area (Å²) in [6.45, 7) is 1.12. The van der Waals surface area contributed by atoms with Crippen molar-refractivity contribution in [3.63, 3.8) is 0 Å². The van der Waals surface area contributed by atoms with Gasteiger partial charge in [-0.3, -0.25) is 4.79 Å². The van der Waals surface area contributed by atoms with Gasteiger partial charge in [-0.2, -0.15) is 0 Å². The number of nitrogens with zero attached hydrogens (tertiary/aromatic N) is 3. The van der Waals surface area contributed by atoms with Crippen LogP contribution in [0.4, 0.5) is 5.82 Å². The van der Waals surface area contributed by atoms with Gasteiger partial charge in [-0.25, -0.2) is 9.97 Å². The molecule has 2 aromatic heterocycles. The molecule has 0 bridgehead atoms. The molecule has 5 aromatic rings. The minimum atomic E-state index is -0.345.